The van der Waals surface area contributed by atoms with Crippen molar-refractivity contribution >= 4 is 38.5 Å². The number of methoxy groups -OCH3 is 2. The van der Waals surface area contributed by atoms with Crippen LogP contribution in [0.5, 0.6) is 0 Å². The maximum Gasteiger partial charge on any atom is 0.239 e. The van der Waals surface area contributed by atoms with Crippen molar-refractivity contribution in [2.24, 2.45) is 7.05 Å². The minimum absolute atomic E-state index is 0.0277. The molecule has 0 amide bonds. The van der Waals surface area contributed by atoms with Gasteiger partial charge in [-0.05, 0) is 13.0 Å². The molecule has 12 nitrogen and oxygen atoms in total. The van der Waals surface area contributed by atoms with E-state index < -0.39 is 27.2 Å². The first-order valence-corrected chi connectivity index (χ1v) is 13.4. The Kier molecular flexibility index (Phi) is 8.07. The van der Waals surface area contributed by atoms with Crippen LogP contribution in [0.2, 0.25) is 5.02 Å². The molecule has 0 bridgehead atoms. The Morgan fingerprint density at radius 2 is 1.70 bits per heavy atom. The highest BCUT2D eigenvalue weighted by atomic mass is 35.5. The van der Waals surface area contributed by atoms with Gasteiger partial charge in [0.25, 0.3) is 0 Å². The second kappa shape index (κ2) is 11.1. The standard InChI is InChI=1S/C23H29ClN8O4S/c1-14(21-25-10-16(24)11-26-21)15(2)37(33,34)30-23-28-27-22(32(23)17(12-35-4)13-36-5)20-18-8-6-7-9-19(18)31(3)29-20/h6-11,14-15,17H,12-13H2,1-5H3,(H,28,30). The summed E-state index contributed by atoms with van der Waals surface area (Å²) in [6.45, 7) is 3.77. The van der Waals surface area contributed by atoms with E-state index in [1.165, 1.54) is 12.4 Å². The Balaban J connectivity index is 1.77. The fourth-order valence-corrected chi connectivity index (χ4v) is 5.42. The number of ether oxygens (including phenoxy) is 2. The zero-order valence-electron chi connectivity index (χ0n) is 21.2. The highest BCUT2D eigenvalue weighted by Gasteiger charge is 2.33. The smallest absolute Gasteiger partial charge is 0.239 e. The molecule has 0 aliphatic carbocycles. The van der Waals surface area contributed by atoms with Gasteiger partial charge in [-0.3, -0.25) is 14.0 Å². The van der Waals surface area contributed by atoms with E-state index in [1.807, 2.05) is 31.3 Å². The van der Waals surface area contributed by atoms with Crippen LogP contribution in [0.25, 0.3) is 22.4 Å². The van der Waals surface area contributed by atoms with E-state index in [0.29, 0.717) is 22.4 Å². The van der Waals surface area contributed by atoms with Crippen molar-refractivity contribution in [1.29, 1.82) is 0 Å². The molecule has 0 aliphatic heterocycles. The lowest BCUT2D eigenvalue weighted by Gasteiger charge is -2.23. The van der Waals surface area contributed by atoms with Gasteiger partial charge < -0.3 is 9.47 Å². The van der Waals surface area contributed by atoms with Gasteiger partial charge >= 0.3 is 0 Å². The van der Waals surface area contributed by atoms with Gasteiger partial charge in [-0.2, -0.15) is 5.10 Å². The minimum atomic E-state index is -3.96. The summed E-state index contributed by atoms with van der Waals surface area (Å²) in [6.07, 6.45) is 2.88. The third kappa shape index (κ3) is 5.44. The molecule has 198 valence electrons. The summed E-state index contributed by atoms with van der Waals surface area (Å²) in [6, 6.07) is 7.26. The van der Waals surface area contributed by atoms with Gasteiger partial charge in [-0.1, -0.05) is 36.7 Å². The number of anilines is 1. The van der Waals surface area contributed by atoms with Crippen molar-refractivity contribution in [2.45, 2.75) is 31.1 Å². The molecule has 1 N–H and O–H groups in total. The van der Waals surface area contributed by atoms with Crippen molar-refractivity contribution in [3.63, 3.8) is 0 Å². The summed E-state index contributed by atoms with van der Waals surface area (Å²) in [5, 5.41) is 13.5. The van der Waals surface area contributed by atoms with Gasteiger partial charge in [-0.25, -0.2) is 18.4 Å². The normalized spacial score (nSPS) is 13.8. The Morgan fingerprint density at radius 1 is 1.05 bits per heavy atom. The number of nitrogens with one attached hydrogen (secondary N) is 1. The zero-order valence-corrected chi connectivity index (χ0v) is 22.7. The summed E-state index contributed by atoms with van der Waals surface area (Å²) >= 11 is 5.88. The second-order valence-electron chi connectivity index (χ2n) is 8.67. The molecule has 37 heavy (non-hydrogen) atoms. The van der Waals surface area contributed by atoms with Crippen LogP contribution < -0.4 is 4.72 Å². The molecule has 4 aromatic rings. The van der Waals surface area contributed by atoms with Crippen LogP contribution in [-0.2, 0) is 26.5 Å². The Bertz CT molecular complexity index is 1470. The van der Waals surface area contributed by atoms with Crippen LogP contribution in [0, 0.1) is 0 Å². The third-order valence-corrected chi connectivity index (χ3v) is 8.27. The largest absolute Gasteiger partial charge is 0.382 e. The molecule has 14 heteroatoms. The van der Waals surface area contributed by atoms with Crippen molar-refractivity contribution < 1.29 is 17.9 Å². The molecule has 2 atom stereocenters. The lowest BCUT2D eigenvalue weighted by molar-refractivity contribution is 0.0908. The molecule has 3 aromatic heterocycles. The van der Waals surface area contributed by atoms with E-state index in [1.54, 1.807) is 37.3 Å². The van der Waals surface area contributed by atoms with Crippen LogP contribution in [0.3, 0.4) is 0 Å². The van der Waals surface area contributed by atoms with Gasteiger partial charge in [0.05, 0.1) is 35.0 Å². The minimum Gasteiger partial charge on any atom is -0.382 e. The molecule has 0 saturated heterocycles. The van der Waals surface area contributed by atoms with E-state index in [4.69, 9.17) is 21.1 Å². The Labute approximate surface area is 220 Å². The van der Waals surface area contributed by atoms with E-state index in [9.17, 15) is 8.42 Å². The third-order valence-electron chi connectivity index (χ3n) is 6.22. The number of rotatable bonds is 11. The predicted molar refractivity (Wildman–Crippen MR) is 140 cm³/mol. The van der Waals surface area contributed by atoms with Gasteiger partial charge in [0.15, 0.2) is 5.82 Å². The van der Waals surface area contributed by atoms with Crippen LogP contribution >= 0.6 is 11.6 Å². The van der Waals surface area contributed by atoms with E-state index >= 15 is 0 Å². The number of benzene rings is 1. The van der Waals surface area contributed by atoms with Crippen LogP contribution in [0.1, 0.15) is 31.6 Å². The summed E-state index contributed by atoms with van der Waals surface area (Å²) in [7, 11) is 0.993. The highest BCUT2D eigenvalue weighted by molar-refractivity contribution is 7.93. The number of aryl methyl sites for hydroxylation is 1. The molecule has 0 radical (unpaired) electrons. The first-order chi connectivity index (χ1) is 17.7. The van der Waals surface area contributed by atoms with E-state index in [2.05, 4.69) is 30.0 Å². The summed E-state index contributed by atoms with van der Waals surface area (Å²) in [5.41, 5.74) is 1.46. The number of hydrogen-bond acceptors (Lipinski definition) is 9. The van der Waals surface area contributed by atoms with E-state index in [0.717, 1.165) is 10.9 Å². The lowest BCUT2D eigenvalue weighted by Crippen LogP contribution is -2.32. The SMILES string of the molecule is COCC(COC)n1c(NS(=O)(=O)C(C)C(C)c2ncc(Cl)cn2)nnc1-c1nn(C)c2ccccc12. The number of nitrogens with zero attached hydrogens (tertiary/aromatic N) is 7. The molecular weight excluding hydrogens is 520 g/mol. The molecule has 0 fully saturated rings. The topological polar surface area (TPSA) is 139 Å². The van der Waals surface area contributed by atoms with Gasteiger partial charge in [0, 0.05) is 45.0 Å². The molecule has 1 aromatic carbocycles. The van der Waals surface area contributed by atoms with Crippen molar-refractivity contribution in [3.05, 3.63) is 47.5 Å². The maximum atomic E-state index is 13.5. The van der Waals surface area contributed by atoms with Crippen molar-refractivity contribution in [2.75, 3.05) is 32.2 Å². The number of para-hydroxylation sites is 1. The van der Waals surface area contributed by atoms with E-state index in [-0.39, 0.29) is 19.2 Å². The quantitative estimate of drug-likeness (QED) is 0.299. The van der Waals surface area contributed by atoms with Gasteiger partial charge in [-0.15, -0.1) is 10.2 Å². The number of aromatic nitrogens is 7. The summed E-state index contributed by atoms with van der Waals surface area (Å²) < 4.78 is 43.8. The summed E-state index contributed by atoms with van der Waals surface area (Å²) in [5.74, 6) is 0.246. The first-order valence-electron chi connectivity index (χ1n) is 11.5. The number of halogens is 1. The average molecular weight is 549 g/mol. The van der Waals surface area contributed by atoms with Crippen molar-refractivity contribution in [1.82, 2.24) is 34.5 Å². The molecule has 0 saturated carbocycles. The number of hydrogen-bond donors (Lipinski definition) is 1. The van der Waals surface area contributed by atoms with Crippen molar-refractivity contribution in [3.8, 4) is 11.5 Å². The van der Waals surface area contributed by atoms with Crippen LogP contribution in [-0.4, -0.2) is 75.6 Å². The monoisotopic (exact) mass is 548 g/mol. The summed E-state index contributed by atoms with van der Waals surface area (Å²) in [4.78, 5) is 8.35. The lowest BCUT2D eigenvalue weighted by atomic mass is 10.1. The number of sulfonamides is 1. The van der Waals surface area contributed by atoms with Crippen LogP contribution in [0.15, 0.2) is 36.7 Å². The van der Waals surface area contributed by atoms with Crippen LogP contribution in [0.4, 0.5) is 5.95 Å². The zero-order chi connectivity index (χ0) is 26.7. The molecule has 2 unspecified atom stereocenters. The number of fused-ring (bicyclic) bond motifs is 1. The Hall–Kier alpha value is -3.13. The highest BCUT2D eigenvalue weighted by Crippen LogP contribution is 2.32. The fourth-order valence-electron chi connectivity index (χ4n) is 4.09. The molecule has 0 spiro atoms. The van der Waals surface area contributed by atoms with Gasteiger partial charge in [0.1, 0.15) is 11.5 Å². The molecule has 3 heterocycles. The fraction of sp³-hybridized carbons (Fsp3) is 0.435. The maximum absolute atomic E-state index is 13.5. The Morgan fingerprint density at radius 3 is 2.35 bits per heavy atom. The first kappa shape index (κ1) is 26.9. The predicted octanol–water partition coefficient (Wildman–Crippen LogP) is 3.04. The van der Waals surface area contributed by atoms with Gasteiger partial charge in [0.2, 0.25) is 16.0 Å². The average Bonchev–Trinajstić information content (AvgIpc) is 3.43. The molecule has 0 aliphatic rings. The molecule has 4 rings (SSSR count). The second-order valence-corrected chi connectivity index (χ2v) is 11.1. The molecular formula is C23H29ClN8O4S.